The molecule has 0 atom stereocenters. The van der Waals surface area contributed by atoms with Crippen molar-refractivity contribution in [1.82, 2.24) is 20.0 Å². The molecule has 0 saturated carbocycles. The van der Waals surface area contributed by atoms with Gasteiger partial charge in [-0.3, -0.25) is 9.69 Å². The largest absolute Gasteiger partial charge is 0.348 e. The van der Waals surface area contributed by atoms with Gasteiger partial charge in [0, 0.05) is 28.2 Å². The number of nitrogens with zero attached hydrogens (tertiary/aromatic N) is 3. The molecule has 2 aromatic carbocycles. The monoisotopic (exact) mass is 430 g/mol. The number of likely N-dealkylation sites (tertiary alicyclic amines) is 1. The van der Waals surface area contributed by atoms with Crippen LogP contribution in [0.1, 0.15) is 56.6 Å². The van der Waals surface area contributed by atoms with E-state index in [1.807, 2.05) is 60.1 Å². The van der Waals surface area contributed by atoms with Gasteiger partial charge in [0.25, 0.3) is 5.91 Å². The van der Waals surface area contributed by atoms with Crippen LogP contribution in [0.15, 0.2) is 60.7 Å². The third-order valence-corrected chi connectivity index (χ3v) is 7.03. The summed E-state index contributed by atoms with van der Waals surface area (Å²) in [6.07, 6.45) is 1.81. The highest BCUT2D eigenvalue weighted by atomic mass is 16.2. The molecule has 1 N–H and O–H groups in total. The number of carbonyl (C=O) groups is 1. The van der Waals surface area contributed by atoms with Crippen LogP contribution in [0, 0.1) is 6.92 Å². The fraction of sp³-hybridized carbons (Fsp3) is 0.407. The molecular formula is C27H34N4O. The molecule has 3 aromatic rings. The Labute approximate surface area is 191 Å². The molecule has 0 spiro atoms. The third-order valence-electron chi connectivity index (χ3n) is 7.03. The van der Waals surface area contributed by atoms with Crippen molar-refractivity contribution in [2.24, 2.45) is 0 Å². The van der Waals surface area contributed by atoms with Gasteiger partial charge in [0.05, 0.1) is 11.4 Å². The van der Waals surface area contributed by atoms with Crippen LogP contribution in [-0.4, -0.2) is 44.8 Å². The van der Waals surface area contributed by atoms with Crippen molar-refractivity contribution >= 4 is 5.91 Å². The fourth-order valence-corrected chi connectivity index (χ4v) is 5.13. The number of carbonyl (C=O) groups excluding carboxylic acids is 1. The second kappa shape index (κ2) is 8.21. The fourth-order valence-electron chi connectivity index (χ4n) is 5.13. The number of hydrogen-bond donors (Lipinski definition) is 1. The first kappa shape index (κ1) is 22.3. The second-order valence-corrected chi connectivity index (χ2v) is 10.2. The van der Waals surface area contributed by atoms with E-state index >= 15 is 0 Å². The quantitative estimate of drug-likeness (QED) is 0.617. The minimum absolute atomic E-state index is 0.00728. The average molecular weight is 431 g/mol. The minimum atomic E-state index is -0.101. The number of aromatic nitrogens is 2. The molecule has 4 rings (SSSR count). The zero-order chi connectivity index (χ0) is 23.1. The summed E-state index contributed by atoms with van der Waals surface area (Å²) < 4.78 is 1.89. The van der Waals surface area contributed by atoms with Gasteiger partial charge in [-0.2, -0.15) is 5.10 Å². The molecule has 32 heavy (non-hydrogen) atoms. The van der Waals surface area contributed by atoms with Crippen LogP contribution in [0.25, 0.3) is 16.9 Å². The summed E-state index contributed by atoms with van der Waals surface area (Å²) >= 11 is 0. The summed E-state index contributed by atoms with van der Waals surface area (Å²) in [5.41, 5.74) is 4.33. The molecule has 5 heteroatoms. The van der Waals surface area contributed by atoms with Gasteiger partial charge in [0.2, 0.25) is 0 Å². The van der Waals surface area contributed by atoms with Crippen molar-refractivity contribution in [1.29, 1.82) is 0 Å². The maximum Gasteiger partial charge on any atom is 0.272 e. The van der Waals surface area contributed by atoms with Gasteiger partial charge < -0.3 is 5.32 Å². The average Bonchev–Trinajstić information content (AvgIpc) is 3.10. The Bertz CT molecular complexity index is 1080. The molecule has 0 radical (unpaired) electrons. The van der Waals surface area contributed by atoms with Gasteiger partial charge in [-0.25, -0.2) is 4.68 Å². The van der Waals surface area contributed by atoms with E-state index in [0.717, 1.165) is 35.3 Å². The molecule has 5 nitrogen and oxygen atoms in total. The van der Waals surface area contributed by atoms with E-state index < -0.39 is 0 Å². The van der Waals surface area contributed by atoms with E-state index in [9.17, 15) is 4.79 Å². The Balaban J connectivity index is 1.70. The van der Waals surface area contributed by atoms with E-state index in [4.69, 9.17) is 5.10 Å². The van der Waals surface area contributed by atoms with Crippen molar-refractivity contribution in [3.63, 3.8) is 0 Å². The first-order valence-electron chi connectivity index (χ1n) is 11.4. The van der Waals surface area contributed by atoms with Crippen molar-refractivity contribution < 1.29 is 4.79 Å². The van der Waals surface area contributed by atoms with E-state index in [1.165, 1.54) is 0 Å². The van der Waals surface area contributed by atoms with E-state index in [2.05, 4.69) is 57.1 Å². The zero-order valence-corrected chi connectivity index (χ0v) is 20.0. The molecule has 2 heterocycles. The van der Waals surface area contributed by atoms with Gasteiger partial charge in [-0.1, -0.05) is 48.5 Å². The molecule has 1 aliphatic heterocycles. The number of rotatable bonds is 4. The number of hydrogen-bond acceptors (Lipinski definition) is 3. The molecule has 1 aliphatic rings. The Morgan fingerprint density at radius 1 is 0.938 bits per heavy atom. The Morgan fingerprint density at radius 3 is 2.03 bits per heavy atom. The van der Waals surface area contributed by atoms with Crippen molar-refractivity contribution in [3.8, 4) is 16.9 Å². The highest BCUT2D eigenvalue weighted by molar-refractivity contribution is 5.96. The molecule has 1 fully saturated rings. The number of amides is 1. The van der Waals surface area contributed by atoms with Crippen LogP contribution in [0.2, 0.25) is 0 Å². The maximum absolute atomic E-state index is 13.5. The van der Waals surface area contributed by atoms with Crippen molar-refractivity contribution in [3.05, 3.63) is 71.9 Å². The van der Waals surface area contributed by atoms with Crippen LogP contribution >= 0.6 is 0 Å². The molecule has 0 bridgehead atoms. The standard InChI is InChI=1S/C27H34N4O/c1-19-23(25(32)28-21-17-26(2,3)30(6)27(4,5)18-21)29-31(22-15-11-8-12-16-22)24(19)20-13-9-7-10-14-20/h7-16,21H,17-18H2,1-6H3,(H,28,32). The zero-order valence-electron chi connectivity index (χ0n) is 20.0. The Morgan fingerprint density at radius 2 is 1.47 bits per heavy atom. The summed E-state index contributed by atoms with van der Waals surface area (Å²) in [6.45, 7) is 11.0. The molecule has 1 aromatic heterocycles. The van der Waals surface area contributed by atoms with Crippen molar-refractivity contribution in [2.45, 2.75) is 64.6 Å². The maximum atomic E-state index is 13.5. The van der Waals surface area contributed by atoms with Gasteiger partial charge in [-0.15, -0.1) is 0 Å². The van der Waals surface area contributed by atoms with Crippen LogP contribution in [-0.2, 0) is 0 Å². The summed E-state index contributed by atoms with van der Waals surface area (Å²) in [6, 6.07) is 20.3. The van der Waals surface area contributed by atoms with Crippen LogP contribution in [0.4, 0.5) is 0 Å². The van der Waals surface area contributed by atoms with Gasteiger partial charge >= 0.3 is 0 Å². The summed E-state index contributed by atoms with van der Waals surface area (Å²) in [4.78, 5) is 15.9. The third kappa shape index (κ3) is 4.09. The minimum Gasteiger partial charge on any atom is -0.348 e. The van der Waals surface area contributed by atoms with E-state index in [0.29, 0.717) is 5.69 Å². The smallest absolute Gasteiger partial charge is 0.272 e. The summed E-state index contributed by atoms with van der Waals surface area (Å²) in [7, 11) is 2.18. The molecular weight excluding hydrogens is 396 g/mol. The lowest BCUT2D eigenvalue weighted by Crippen LogP contribution is -2.62. The Hall–Kier alpha value is -2.92. The van der Waals surface area contributed by atoms with Crippen molar-refractivity contribution in [2.75, 3.05) is 7.05 Å². The topological polar surface area (TPSA) is 50.2 Å². The molecule has 168 valence electrons. The molecule has 0 unspecified atom stereocenters. The predicted octanol–water partition coefficient (Wildman–Crippen LogP) is 5.23. The number of nitrogens with one attached hydrogen (secondary N) is 1. The van der Waals surface area contributed by atoms with Crippen LogP contribution < -0.4 is 5.32 Å². The SMILES string of the molecule is Cc1c(C(=O)NC2CC(C)(C)N(C)C(C)(C)C2)nn(-c2ccccc2)c1-c1ccccc1. The lowest BCUT2D eigenvalue weighted by atomic mass is 9.77. The Kier molecular flexibility index (Phi) is 5.72. The lowest BCUT2D eigenvalue weighted by molar-refractivity contribution is -0.0169. The highest BCUT2D eigenvalue weighted by Crippen LogP contribution is 2.37. The number of para-hydroxylation sites is 1. The van der Waals surface area contributed by atoms with Gasteiger partial charge in [0.15, 0.2) is 5.69 Å². The molecule has 0 aliphatic carbocycles. The molecule has 1 amide bonds. The van der Waals surface area contributed by atoms with E-state index in [1.54, 1.807) is 0 Å². The van der Waals surface area contributed by atoms with Gasteiger partial charge in [0.1, 0.15) is 0 Å². The first-order valence-corrected chi connectivity index (χ1v) is 11.4. The highest BCUT2D eigenvalue weighted by Gasteiger charge is 2.43. The number of benzene rings is 2. The lowest BCUT2D eigenvalue weighted by Gasteiger charge is -2.53. The normalized spacial score (nSPS) is 18.4. The predicted molar refractivity (Wildman–Crippen MR) is 130 cm³/mol. The van der Waals surface area contributed by atoms with Gasteiger partial charge in [-0.05, 0) is 66.6 Å². The summed E-state index contributed by atoms with van der Waals surface area (Å²) in [5, 5.41) is 8.11. The second-order valence-electron chi connectivity index (χ2n) is 10.2. The number of piperidine rings is 1. The summed E-state index contributed by atoms with van der Waals surface area (Å²) in [5.74, 6) is -0.101. The molecule has 1 saturated heterocycles. The van der Waals surface area contributed by atoms with E-state index in [-0.39, 0.29) is 23.0 Å². The van der Waals surface area contributed by atoms with Crippen LogP contribution in [0.3, 0.4) is 0 Å². The first-order chi connectivity index (χ1) is 15.1. The van der Waals surface area contributed by atoms with Crippen LogP contribution in [0.5, 0.6) is 0 Å².